The molecule has 0 N–H and O–H groups in total. The SMILES string of the molecule is CCN(C(=O)c1ccc(F)cc1)C(C)c1cccc(OC)c1. The number of methoxy groups -OCH3 is 1. The van der Waals surface area contributed by atoms with Gasteiger partial charge in [0.25, 0.3) is 5.91 Å². The lowest BCUT2D eigenvalue weighted by Crippen LogP contribution is -2.33. The Kier molecular flexibility index (Phi) is 5.15. The molecule has 22 heavy (non-hydrogen) atoms. The first kappa shape index (κ1) is 16.0. The first-order chi connectivity index (χ1) is 10.6. The average Bonchev–Trinajstić information content (AvgIpc) is 2.56. The van der Waals surface area contributed by atoms with Crippen molar-refractivity contribution in [1.82, 2.24) is 4.90 Å². The molecule has 0 aliphatic carbocycles. The average molecular weight is 301 g/mol. The highest BCUT2D eigenvalue weighted by Gasteiger charge is 2.21. The van der Waals surface area contributed by atoms with Gasteiger partial charge in [0.15, 0.2) is 0 Å². The van der Waals surface area contributed by atoms with Crippen molar-refractivity contribution in [3.05, 3.63) is 65.5 Å². The van der Waals surface area contributed by atoms with Gasteiger partial charge in [-0.1, -0.05) is 12.1 Å². The van der Waals surface area contributed by atoms with Crippen LogP contribution in [0.25, 0.3) is 0 Å². The van der Waals surface area contributed by atoms with Gasteiger partial charge < -0.3 is 9.64 Å². The first-order valence-electron chi connectivity index (χ1n) is 7.27. The van der Waals surface area contributed by atoms with Crippen molar-refractivity contribution in [2.45, 2.75) is 19.9 Å². The topological polar surface area (TPSA) is 29.5 Å². The Bertz CT molecular complexity index is 640. The van der Waals surface area contributed by atoms with Crippen LogP contribution in [0.1, 0.15) is 35.8 Å². The van der Waals surface area contributed by atoms with Crippen LogP contribution in [0, 0.1) is 5.82 Å². The molecule has 0 aliphatic heterocycles. The molecule has 0 spiro atoms. The molecule has 2 rings (SSSR count). The fourth-order valence-electron chi connectivity index (χ4n) is 2.43. The van der Waals surface area contributed by atoms with Crippen LogP contribution in [0.15, 0.2) is 48.5 Å². The van der Waals surface area contributed by atoms with Crippen molar-refractivity contribution in [2.75, 3.05) is 13.7 Å². The van der Waals surface area contributed by atoms with Gasteiger partial charge in [0.2, 0.25) is 0 Å². The highest BCUT2D eigenvalue weighted by Crippen LogP contribution is 2.25. The van der Waals surface area contributed by atoms with Crippen LogP contribution < -0.4 is 4.74 Å². The zero-order valence-electron chi connectivity index (χ0n) is 13.0. The fourth-order valence-corrected chi connectivity index (χ4v) is 2.43. The molecule has 1 amide bonds. The van der Waals surface area contributed by atoms with Crippen LogP contribution in [0.2, 0.25) is 0 Å². The number of nitrogens with zero attached hydrogens (tertiary/aromatic N) is 1. The Morgan fingerprint density at radius 3 is 2.50 bits per heavy atom. The minimum absolute atomic E-state index is 0.0994. The number of benzene rings is 2. The highest BCUT2D eigenvalue weighted by molar-refractivity contribution is 5.94. The fraction of sp³-hybridized carbons (Fsp3) is 0.278. The van der Waals surface area contributed by atoms with Gasteiger partial charge in [-0.05, 0) is 55.8 Å². The predicted molar refractivity (Wildman–Crippen MR) is 84.5 cm³/mol. The van der Waals surface area contributed by atoms with Gasteiger partial charge in [0, 0.05) is 12.1 Å². The second-order valence-electron chi connectivity index (χ2n) is 5.05. The summed E-state index contributed by atoms with van der Waals surface area (Å²) >= 11 is 0. The van der Waals surface area contributed by atoms with Crippen LogP contribution in [0.4, 0.5) is 4.39 Å². The van der Waals surface area contributed by atoms with Crippen molar-refractivity contribution < 1.29 is 13.9 Å². The van der Waals surface area contributed by atoms with E-state index in [-0.39, 0.29) is 17.8 Å². The van der Waals surface area contributed by atoms with Gasteiger partial charge in [-0.3, -0.25) is 4.79 Å². The Hall–Kier alpha value is -2.36. The minimum atomic E-state index is -0.347. The summed E-state index contributed by atoms with van der Waals surface area (Å²) in [5.41, 5.74) is 1.48. The minimum Gasteiger partial charge on any atom is -0.497 e. The molecule has 0 radical (unpaired) electrons. The molecule has 0 heterocycles. The van der Waals surface area contributed by atoms with Gasteiger partial charge in [-0.25, -0.2) is 4.39 Å². The third-order valence-electron chi connectivity index (χ3n) is 3.74. The summed E-state index contributed by atoms with van der Waals surface area (Å²) < 4.78 is 18.2. The number of halogens is 1. The highest BCUT2D eigenvalue weighted by atomic mass is 19.1. The molecule has 0 aliphatic rings. The molecule has 2 aromatic rings. The molecular weight excluding hydrogens is 281 g/mol. The molecule has 2 aromatic carbocycles. The lowest BCUT2D eigenvalue weighted by molar-refractivity contribution is 0.0702. The Balaban J connectivity index is 2.26. The van der Waals surface area contributed by atoms with Crippen LogP contribution in [0.5, 0.6) is 5.75 Å². The van der Waals surface area contributed by atoms with E-state index >= 15 is 0 Å². The Morgan fingerprint density at radius 2 is 1.91 bits per heavy atom. The van der Waals surface area contributed by atoms with E-state index in [1.165, 1.54) is 24.3 Å². The van der Waals surface area contributed by atoms with E-state index in [2.05, 4.69) is 0 Å². The largest absolute Gasteiger partial charge is 0.497 e. The standard InChI is InChI=1S/C18H20FNO2/c1-4-20(18(21)14-8-10-16(19)11-9-14)13(2)15-6-5-7-17(12-15)22-3/h5-13H,4H2,1-3H3. The van der Waals surface area contributed by atoms with Crippen molar-refractivity contribution in [2.24, 2.45) is 0 Å². The van der Waals surface area contributed by atoms with Crippen LogP contribution in [0.3, 0.4) is 0 Å². The molecule has 0 saturated carbocycles. The number of rotatable bonds is 5. The molecular formula is C18H20FNO2. The van der Waals surface area contributed by atoms with Gasteiger partial charge >= 0.3 is 0 Å². The number of hydrogen-bond acceptors (Lipinski definition) is 2. The number of amides is 1. The third-order valence-corrected chi connectivity index (χ3v) is 3.74. The van der Waals surface area contributed by atoms with Gasteiger partial charge in [-0.2, -0.15) is 0 Å². The second-order valence-corrected chi connectivity index (χ2v) is 5.05. The van der Waals surface area contributed by atoms with Gasteiger partial charge in [0.05, 0.1) is 13.2 Å². The summed E-state index contributed by atoms with van der Waals surface area (Å²) in [4.78, 5) is 14.4. The Morgan fingerprint density at radius 1 is 1.23 bits per heavy atom. The van der Waals surface area contributed by atoms with E-state index in [4.69, 9.17) is 4.74 Å². The van der Waals surface area contributed by atoms with Crippen LogP contribution in [-0.4, -0.2) is 24.5 Å². The number of carbonyl (C=O) groups excluding carboxylic acids is 1. The van der Waals surface area contributed by atoms with E-state index in [1.807, 2.05) is 38.1 Å². The van der Waals surface area contributed by atoms with Gasteiger partial charge in [-0.15, -0.1) is 0 Å². The van der Waals surface area contributed by atoms with Crippen molar-refractivity contribution in [1.29, 1.82) is 0 Å². The number of ether oxygens (including phenoxy) is 1. The zero-order chi connectivity index (χ0) is 16.1. The van der Waals surface area contributed by atoms with Crippen LogP contribution in [-0.2, 0) is 0 Å². The molecule has 4 heteroatoms. The molecule has 3 nitrogen and oxygen atoms in total. The van der Waals surface area contributed by atoms with E-state index < -0.39 is 0 Å². The number of carbonyl (C=O) groups is 1. The second kappa shape index (κ2) is 7.07. The van der Waals surface area contributed by atoms with E-state index in [0.29, 0.717) is 12.1 Å². The summed E-state index contributed by atoms with van der Waals surface area (Å²) in [6.07, 6.45) is 0. The van der Waals surface area contributed by atoms with Crippen molar-refractivity contribution in [3.63, 3.8) is 0 Å². The van der Waals surface area contributed by atoms with E-state index in [0.717, 1.165) is 11.3 Å². The summed E-state index contributed by atoms with van der Waals surface area (Å²) in [5, 5.41) is 0. The lowest BCUT2D eigenvalue weighted by atomic mass is 10.1. The molecule has 1 unspecified atom stereocenters. The van der Waals surface area contributed by atoms with Gasteiger partial charge in [0.1, 0.15) is 11.6 Å². The predicted octanol–water partition coefficient (Wildman–Crippen LogP) is 4.06. The maximum absolute atomic E-state index is 13.0. The summed E-state index contributed by atoms with van der Waals surface area (Å²) in [5.74, 6) is 0.299. The molecule has 1 atom stereocenters. The molecule has 116 valence electrons. The van der Waals surface area contributed by atoms with E-state index in [9.17, 15) is 9.18 Å². The summed E-state index contributed by atoms with van der Waals surface area (Å²) in [6.45, 7) is 4.46. The van der Waals surface area contributed by atoms with Crippen molar-refractivity contribution in [3.8, 4) is 5.75 Å². The first-order valence-corrected chi connectivity index (χ1v) is 7.27. The smallest absolute Gasteiger partial charge is 0.254 e. The Labute approximate surface area is 130 Å². The lowest BCUT2D eigenvalue weighted by Gasteiger charge is -2.28. The normalized spacial score (nSPS) is 11.8. The maximum Gasteiger partial charge on any atom is 0.254 e. The third kappa shape index (κ3) is 3.45. The maximum atomic E-state index is 13.0. The van der Waals surface area contributed by atoms with Crippen LogP contribution >= 0.6 is 0 Å². The monoisotopic (exact) mass is 301 g/mol. The van der Waals surface area contributed by atoms with E-state index in [1.54, 1.807) is 12.0 Å². The quantitative estimate of drug-likeness (QED) is 0.833. The number of hydrogen-bond donors (Lipinski definition) is 0. The molecule has 0 aromatic heterocycles. The van der Waals surface area contributed by atoms with Crippen molar-refractivity contribution >= 4 is 5.91 Å². The molecule has 0 fully saturated rings. The summed E-state index contributed by atoms with van der Waals surface area (Å²) in [7, 11) is 1.62. The zero-order valence-corrected chi connectivity index (χ0v) is 13.0. The molecule has 0 saturated heterocycles. The molecule has 0 bridgehead atoms. The summed E-state index contributed by atoms with van der Waals surface area (Å²) in [6, 6.07) is 13.2.